The van der Waals surface area contributed by atoms with Crippen LogP contribution in [0.5, 0.6) is 0 Å². The summed E-state index contributed by atoms with van der Waals surface area (Å²) in [6.45, 7) is 4.70. The Hall–Kier alpha value is -1.68. The maximum absolute atomic E-state index is 14.0. The summed E-state index contributed by atoms with van der Waals surface area (Å²) in [6, 6.07) is 6.70. The summed E-state index contributed by atoms with van der Waals surface area (Å²) in [4.78, 5) is 0. The van der Waals surface area contributed by atoms with E-state index in [1.54, 1.807) is 0 Å². The van der Waals surface area contributed by atoms with E-state index in [9.17, 15) is 8.78 Å². The third-order valence-corrected chi connectivity index (χ3v) is 3.18. The SMILES string of the molecule is CCCNC(c1ccc(CC)o1)c1cc(F)ccc1F. The van der Waals surface area contributed by atoms with Crippen molar-refractivity contribution in [1.29, 1.82) is 0 Å². The molecular formula is C16H19F2NO. The number of furan rings is 1. The van der Waals surface area contributed by atoms with Crippen LogP contribution in [0.3, 0.4) is 0 Å². The van der Waals surface area contributed by atoms with Gasteiger partial charge in [-0.15, -0.1) is 0 Å². The van der Waals surface area contributed by atoms with Crippen LogP contribution in [-0.2, 0) is 6.42 Å². The molecule has 0 aliphatic carbocycles. The molecule has 0 saturated heterocycles. The fraction of sp³-hybridized carbons (Fsp3) is 0.375. The molecule has 1 heterocycles. The van der Waals surface area contributed by atoms with Crippen LogP contribution >= 0.6 is 0 Å². The van der Waals surface area contributed by atoms with E-state index in [1.807, 2.05) is 26.0 Å². The summed E-state index contributed by atoms with van der Waals surface area (Å²) in [5.41, 5.74) is 0.274. The second-order valence-corrected chi connectivity index (χ2v) is 4.71. The molecule has 1 aromatic carbocycles. The van der Waals surface area contributed by atoms with Crippen LogP contribution < -0.4 is 5.32 Å². The quantitative estimate of drug-likeness (QED) is 0.857. The van der Waals surface area contributed by atoms with Gasteiger partial charge in [0.2, 0.25) is 0 Å². The van der Waals surface area contributed by atoms with Gasteiger partial charge in [-0.05, 0) is 43.3 Å². The van der Waals surface area contributed by atoms with Gasteiger partial charge in [0.25, 0.3) is 0 Å². The Labute approximate surface area is 117 Å². The minimum Gasteiger partial charge on any atom is -0.464 e. The number of benzene rings is 1. The molecule has 2 rings (SSSR count). The van der Waals surface area contributed by atoms with Gasteiger partial charge in [-0.1, -0.05) is 13.8 Å². The van der Waals surface area contributed by atoms with Gasteiger partial charge in [0.1, 0.15) is 23.2 Å². The standard InChI is InChI=1S/C16H19F2NO/c1-3-9-19-16(15-8-6-12(4-2)20-15)13-10-11(17)5-7-14(13)18/h5-8,10,16,19H,3-4,9H2,1-2H3. The molecule has 0 aliphatic heterocycles. The van der Waals surface area contributed by atoms with E-state index in [1.165, 1.54) is 6.07 Å². The van der Waals surface area contributed by atoms with Gasteiger partial charge in [0.05, 0.1) is 6.04 Å². The lowest BCUT2D eigenvalue weighted by Gasteiger charge is -2.17. The van der Waals surface area contributed by atoms with E-state index in [4.69, 9.17) is 4.42 Å². The van der Waals surface area contributed by atoms with Crippen LogP contribution in [0.25, 0.3) is 0 Å². The molecule has 1 atom stereocenters. The zero-order valence-corrected chi connectivity index (χ0v) is 11.7. The number of hydrogen-bond donors (Lipinski definition) is 1. The fourth-order valence-electron chi connectivity index (χ4n) is 2.13. The summed E-state index contributed by atoms with van der Waals surface area (Å²) in [5.74, 6) is 0.557. The van der Waals surface area contributed by atoms with E-state index in [0.717, 1.165) is 30.7 Å². The Bertz CT molecular complexity index is 565. The molecule has 1 aromatic heterocycles. The number of hydrogen-bond acceptors (Lipinski definition) is 2. The van der Waals surface area contributed by atoms with Gasteiger partial charge in [-0.2, -0.15) is 0 Å². The first-order valence-corrected chi connectivity index (χ1v) is 6.92. The second-order valence-electron chi connectivity index (χ2n) is 4.71. The average Bonchev–Trinajstić information content (AvgIpc) is 2.92. The minimum absolute atomic E-state index is 0.274. The predicted octanol–water partition coefficient (Wildman–Crippen LogP) is 4.21. The van der Waals surface area contributed by atoms with E-state index < -0.39 is 17.7 Å². The first-order chi connectivity index (χ1) is 9.65. The van der Waals surface area contributed by atoms with Gasteiger partial charge in [-0.25, -0.2) is 8.78 Å². The molecule has 0 fully saturated rings. The molecule has 0 saturated carbocycles. The first-order valence-electron chi connectivity index (χ1n) is 6.92. The van der Waals surface area contributed by atoms with Crippen molar-refractivity contribution in [2.45, 2.75) is 32.7 Å². The molecule has 20 heavy (non-hydrogen) atoms. The lowest BCUT2D eigenvalue weighted by Crippen LogP contribution is -2.24. The molecule has 108 valence electrons. The Kier molecular flexibility index (Phi) is 4.90. The predicted molar refractivity (Wildman–Crippen MR) is 74.6 cm³/mol. The Balaban J connectivity index is 2.38. The maximum atomic E-state index is 14.0. The van der Waals surface area contributed by atoms with Gasteiger partial charge < -0.3 is 9.73 Å². The van der Waals surface area contributed by atoms with Gasteiger partial charge in [0, 0.05) is 12.0 Å². The van der Waals surface area contributed by atoms with Gasteiger partial charge in [0.15, 0.2) is 0 Å². The van der Waals surface area contributed by atoms with Crippen molar-refractivity contribution < 1.29 is 13.2 Å². The number of halogens is 2. The monoisotopic (exact) mass is 279 g/mol. The topological polar surface area (TPSA) is 25.2 Å². The minimum atomic E-state index is -0.467. The summed E-state index contributed by atoms with van der Waals surface area (Å²) in [7, 11) is 0. The zero-order valence-electron chi connectivity index (χ0n) is 11.7. The summed E-state index contributed by atoms with van der Waals surface area (Å²) in [6.07, 6.45) is 1.67. The smallest absolute Gasteiger partial charge is 0.128 e. The summed E-state index contributed by atoms with van der Waals surface area (Å²) < 4.78 is 33.1. The zero-order chi connectivity index (χ0) is 14.5. The lowest BCUT2D eigenvalue weighted by molar-refractivity contribution is 0.413. The van der Waals surface area contributed by atoms with Crippen LogP contribution in [0.2, 0.25) is 0 Å². The van der Waals surface area contributed by atoms with Crippen LogP contribution in [0.15, 0.2) is 34.7 Å². The average molecular weight is 279 g/mol. The molecule has 1 unspecified atom stereocenters. The highest BCUT2D eigenvalue weighted by molar-refractivity contribution is 5.29. The number of aryl methyl sites for hydroxylation is 1. The molecule has 0 spiro atoms. The van der Waals surface area contributed by atoms with Crippen LogP contribution in [-0.4, -0.2) is 6.54 Å². The van der Waals surface area contributed by atoms with Crippen molar-refractivity contribution in [3.8, 4) is 0 Å². The van der Waals surface area contributed by atoms with E-state index >= 15 is 0 Å². The van der Waals surface area contributed by atoms with Crippen molar-refractivity contribution in [2.24, 2.45) is 0 Å². The third-order valence-electron chi connectivity index (χ3n) is 3.18. The van der Waals surface area contributed by atoms with Crippen LogP contribution in [0.1, 0.15) is 43.4 Å². The van der Waals surface area contributed by atoms with Crippen LogP contribution in [0.4, 0.5) is 8.78 Å². The molecule has 0 amide bonds. The number of nitrogens with one attached hydrogen (secondary N) is 1. The third kappa shape index (κ3) is 3.25. The molecule has 0 radical (unpaired) electrons. The highest BCUT2D eigenvalue weighted by Gasteiger charge is 2.21. The van der Waals surface area contributed by atoms with Gasteiger partial charge in [-0.3, -0.25) is 0 Å². The molecular weight excluding hydrogens is 260 g/mol. The molecule has 2 aromatic rings. The molecule has 0 bridgehead atoms. The Morgan fingerprint density at radius 2 is 1.95 bits per heavy atom. The normalized spacial score (nSPS) is 12.6. The molecule has 2 nitrogen and oxygen atoms in total. The number of rotatable bonds is 6. The van der Waals surface area contributed by atoms with Crippen molar-refractivity contribution >= 4 is 0 Å². The van der Waals surface area contributed by atoms with Crippen molar-refractivity contribution in [2.75, 3.05) is 6.54 Å². The van der Waals surface area contributed by atoms with E-state index in [-0.39, 0.29) is 5.56 Å². The lowest BCUT2D eigenvalue weighted by atomic mass is 10.0. The fourth-order valence-corrected chi connectivity index (χ4v) is 2.13. The highest BCUT2D eigenvalue weighted by Crippen LogP contribution is 2.27. The maximum Gasteiger partial charge on any atom is 0.128 e. The Morgan fingerprint density at radius 3 is 2.60 bits per heavy atom. The molecule has 1 N–H and O–H groups in total. The largest absolute Gasteiger partial charge is 0.464 e. The van der Waals surface area contributed by atoms with E-state index in [2.05, 4.69) is 5.32 Å². The summed E-state index contributed by atoms with van der Waals surface area (Å²) in [5, 5.41) is 3.21. The van der Waals surface area contributed by atoms with Crippen molar-refractivity contribution in [3.05, 3.63) is 59.1 Å². The molecule has 0 aliphatic rings. The highest BCUT2D eigenvalue weighted by atomic mass is 19.1. The van der Waals surface area contributed by atoms with Crippen molar-refractivity contribution in [3.63, 3.8) is 0 Å². The van der Waals surface area contributed by atoms with E-state index in [0.29, 0.717) is 12.3 Å². The molecule has 4 heteroatoms. The first kappa shape index (κ1) is 14.7. The second kappa shape index (κ2) is 6.66. The Morgan fingerprint density at radius 1 is 1.15 bits per heavy atom. The van der Waals surface area contributed by atoms with Crippen molar-refractivity contribution in [1.82, 2.24) is 5.32 Å². The van der Waals surface area contributed by atoms with Crippen LogP contribution in [0, 0.1) is 11.6 Å². The summed E-state index contributed by atoms with van der Waals surface area (Å²) >= 11 is 0. The van der Waals surface area contributed by atoms with Gasteiger partial charge >= 0.3 is 0 Å².